The van der Waals surface area contributed by atoms with E-state index in [4.69, 9.17) is 11.6 Å². The smallest absolute Gasteiger partial charge is 0.253 e. The number of amides is 2. The van der Waals surface area contributed by atoms with Gasteiger partial charge >= 0.3 is 0 Å². The van der Waals surface area contributed by atoms with Crippen molar-refractivity contribution in [3.05, 3.63) is 53.3 Å². The number of benzene rings is 1. The molecule has 0 unspecified atom stereocenters. The van der Waals surface area contributed by atoms with Crippen molar-refractivity contribution >= 4 is 35.2 Å². The molecule has 1 aromatic carbocycles. The maximum atomic E-state index is 12.6. The Bertz CT molecular complexity index is 926. The highest BCUT2D eigenvalue weighted by atomic mass is 35.5. The lowest BCUT2D eigenvalue weighted by atomic mass is 9.95. The van der Waals surface area contributed by atoms with Gasteiger partial charge in [0.1, 0.15) is 0 Å². The third kappa shape index (κ3) is 6.33. The molecule has 3 rings (SSSR count). The molecule has 2 aromatic rings. The third-order valence-electron chi connectivity index (χ3n) is 5.21. The summed E-state index contributed by atoms with van der Waals surface area (Å²) in [4.78, 5) is 24.9. The second kappa shape index (κ2) is 11.3. The van der Waals surface area contributed by atoms with E-state index in [2.05, 4.69) is 27.4 Å². The van der Waals surface area contributed by atoms with Gasteiger partial charge in [-0.05, 0) is 31.9 Å². The molecular formula is C22H28ClN5O2S. The van der Waals surface area contributed by atoms with Crippen LogP contribution in [-0.4, -0.2) is 38.4 Å². The van der Waals surface area contributed by atoms with E-state index in [1.165, 1.54) is 31.0 Å². The van der Waals surface area contributed by atoms with E-state index in [1.807, 2.05) is 11.5 Å². The van der Waals surface area contributed by atoms with Crippen molar-refractivity contribution in [3.8, 4) is 0 Å². The molecule has 1 aliphatic rings. The predicted molar refractivity (Wildman–Crippen MR) is 123 cm³/mol. The molecule has 2 amide bonds. The summed E-state index contributed by atoms with van der Waals surface area (Å²) in [6, 6.07) is 6.76. The normalized spacial score (nSPS) is 15.3. The molecule has 1 fully saturated rings. The maximum absolute atomic E-state index is 12.6. The Balaban J connectivity index is 1.63. The van der Waals surface area contributed by atoms with E-state index < -0.39 is 6.04 Å². The summed E-state index contributed by atoms with van der Waals surface area (Å²) in [5.74, 6) is 0.584. The van der Waals surface area contributed by atoms with Crippen LogP contribution in [0, 0.1) is 0 Å². The fraction of sp³-hybridized carbons (Fsp3) is 0.455. The van der Waals surface area contributed by atoms with Gasteiger partial charge in [0.25, 0.3) is 5.91 Å². The van der Waals surface area contributed by atoms with Gasteiger partial charge in [-0.2, -0.15) is 0 Å². The highest BCUT2D eigenvalue weighted by molar-refractivity contribution is 7.99. The van der Waals surface area contributed by atoms with E-state index in [9.17, 15) is 9.59 Å². The summed E-state index contributed by atoms with van der Waals surface area (Å²) in [6.07, 6.45) is 7.44. The van der Waals surface area contributed by atoms with Crippen LogP contribution in [0.5, 0.6) is 0 Å². The highest BCUT2D eigenvalue weighted by Crippen LogP contribution is 2.23. The number of nitrogens with zero attached hydrogens (tertiary/aromatic N) is 3. The molecule has 9 heteroatoms. The van der Waals surface area contributed by atoms with Gasteiger partial charge in [-0.1, -0.05) is 60.8 Å². The Morgan fingerprint density at radius 3 is 2.74 bits per heavy atom. The molecule has 0 bridgehead atoms. The van der Waals surface area contributed by atoms with Crippen molar-refractivity contribution in [2.45, 2.75) is 62.8 Å². The first-order valence-corrected chi connectivity index (χ1v) is 11.9. The van der Waals surface area contributed by atoms with Gasteiger partial charge in [0.2, 0.25) is 5.91 Å². The number of rotatable bonds is 9. The first kappa shape index (κ1) is 23.3. The number of hydrogen-bond acceptors (Lipinski definition) is 5. The van der Waals surface area contributed by atoms with Crippen LogP contribution >= 0.6 is 23.4 Å². The van der Waals surface area contributed by atoms with E-state index in [-0.39, 0.29) is 23.6 Å². The largest absolute Gasteiger partial charge is 0.353 e. The van der Waals surface area contributed by atoms with Gasteiger partial charge < -0.3 is 15.2 Å². The molecule has 0 radical (unpaired) electrons. The van der Waals surface area contributed by atoms with Gasteiger partial charge in [-0.15, -0.1) is 16.8 Å². The summed E-state index contributed by atoms with van der Waals surface area (Å²) in [5.41, 5.74) is 0.403. The Kier molecular flexibility index (Phi) is 8.54. The number of carbonyl (C=O) groups is 2. The number of carbonyl (C=O) groups excluding carboxylic acids is 2. The molecule has 1 aliphatic carbocycles. The van der Waals surface area contributed by atoms with Crippen LogP contribution in [0.15, 0.2) is 42.1 Å². The standard InChI is InChI=1S/C22H28ClN5O2S/c1-3-13-28-20(15(2)24-21(30)17-11-7-8-12-18(17)23)26-27-22(28)31-14-19(29)25-16-9-5-4-6-10-16/h3,7-8,11-12,15-16H,1,4-6,9-10,13-14H2,2H3,(H,24,30)(H,25,29)/t15-/m1/s1. The summed E-state index contributed by atoms with van der Waals surface area (Å²) in [5, 5.41) is 15.5. The Morgan fingerprint density at radius 2 is 2.03 bits per heavy atom. The number of aromatic nitrogens is 3. The zero-order valence-electron chi connectivity index (χ0n) is 17.6. The maximum Gasteiger partial charge on any atom is 0.253 e. The predicted octanol–water partition coefficient (Wildman–Crippen LogP) is 4.15. The number of nitrogens with one attached hydrogen (secondary N) is 2. The monoisotopic (exact) mass is 461 g/mol. The number of halogens is 1. The minimum atomic E-state index is -0.401. The van der Waals surface area contributed by atoms with Crippen LogP contribution in [0.2, 0.25) is 5.02 Å². The average molecular weight is 462 g/mol. The molecule has 1 atom stereocenters. The minimum absolute atomic E-state index is 0.00618. The van der Waals surface area contributed by atoms with Crippen LogP contribution in [0.25, 0.3) is 0 Å². The van der Waals surface area contributed by atoms with Crippen LogP contribution in [0.4, 0.5) is 0 Å². The fourth-order valence-corrected chi connectivity index (χ4v) is 4.65. The molecule has 0 saturated heterocycles. The molecule has 31 heavy (non-hydrogen) atoms. The first-order valence-electron chi connectivity index (χ1n) is 10.5. The van der Waals surface area contributed by atoms with Crippen LogP contribution in [-0.2, 0) is 11.3 Å². The summed E-state index contributed by atoms with van der Waals surface area (Å²) < 4.78 is 1.86. The van der Waals surface area contributed by atoms with Gasteiger partial charge in [-0.3, -0.25) is 9.59 Å². The lowest BCUT2D eigenvalue weighted by Gasteiger charge is -2.22. The summed E-state index contributed by atoms with van der Waals surface area (Å²) in [6.45, 7) is 6.11. The van der Waals surface area contributed by atoms with Gasteiger partial charge in [-0.25, -0.2) is 0 Å². The molecular weight excluding hydrogens is 434 g/mol. The van der Waals surface area contributed by atoms with Crippen molar-refractivity contribution < 1.29 is 9.59 Å². The fourth-order valence-electron chi connectivity index (χ4n) is 3.66. The van der Waals surface area contributed by atoms with Crippen molar-refractivity contribution in [3.63, 3.8) is 0 Å². The van der Waals surface area contributed by atoms with Crippen molar-refractivity contribution in [2.24, 2.45) is 0 Å². The van der Waals surface area contributed by atoms with E-state index in [1.54, 1.807) is 30.3 Å². The van der Waals surface area contributed by atoms with Crippen molar-refractivity contribution in [2.75, 3.05) is 5.75 Å². The van der Waals surface area contributed by atoms with E-state index in [0.29, 0.717) is 28.1 Å². The molecule has 2 N–H and O–H groups in total. The third-order valence-corrected chi connectivity index (χ3v) is 6.51. The van der Waals surface area contributed by atoms with Crippen molar-refractivity contribution in [1.29, 1.82) is 0 Å². The Hall–Kier alpha value is -2.32. The second-order valence-corrected chi connectivity index (χ2v) is 8.96. The van der Waals surface area contributed by atoms with E-state index in [0.717, 1.165) is 12.8 Å². The second-order valence-electron chi connectivity index (χ2n) is 7.61. The highest BCUT2D eigenvalue weighted by Gasteiger charge is 2.22. The summed E-state index contributed by atoms with van der Waals surface area (Å²) >= 11 is 7.46. The minimum Gasteiger partial charge on any atom is -0.353 e. The molecule has 0 spiro atoms. The molecule has 0 aliphatic heterocycles. The quantitative estimate of drug-likeness (QED) is 0.432. The molecule has 166 valence electrons. The molecule has 7 nitrogen and oxygen atoms in total. The molecule has 1 aromatic heterocycles. The zero-order valence-corrected chi connectivity index (χ0v) is 19.2. The van der Waals surface area contributed by atoms with Gasteiger partial charge in [0.05, 0.1) is 22.4 Å². The van der Waals surface area contributed by atoms with Gasteiger partial charge in [0.15, 0.2) is 11.0 Å². The van der Waals surface area contributed by atoms with Gasteiger partial charge in [0, 0.05) is 12.6 Å². The molecule has 1 saturated carbocycles. The lowest BCUT2D eigenvalue weighted by molar-refractivity contribution is -0.119. The van der Waals surface area contributed by atoms with Crippen molar-refractivity contribution in [1.82, 2.24) is 25.4 Å². The first-order chi connectivity index (χ1) is 15.0. The number of thioether (sulfide) groups is 1. The number of hydrogen-bond donors (Lipinski definition) is 2. The summed E-state index contributed by atoms with van der Waals surface area (Å²) in [7, 11) is 0. The SMILES string of the molecule is C=CCn1c(SCC(=O)NC2CCCCC2)nnc1[C@@H](C)NC(=O)c1ccccc1Cl. The molecule has 1 heterocycles. The topological polar surface area (TPSA) is 88.9 Å². The lowest BCUT2D eigenvalue weighted by Crippen LogP contribution is -2.37. The Morgan fingerprint density at radius 1 is 1.29 bits per heavy atom. The Labute approximate surface area is 192 Å². The van der Waals surface area contributed by atoms with Crippen LogP contribution in [0.3, 0.4) is 0 Å². The number of allylic oxidation sites excluding steroid dienone is 1. The van der Waals surface area contributed by atoms with Crippen LogP contribution in [0.1, 0.15) is 61.3 Å². The zero-order chi connectivity index (χ0) is 22.2. The van der Waals surface area contributed by atoms with E-state index >= 15 is 0 Å². The average Bonchev–Trinajstić information content (AvgIpc) is 3.16. The van der Waals surface area contributed by atoms with Crippen LogP contribution < -0.4 is 10.6 Å².